The van der Waals surface area contributed by atoms with Gasteiger partial charge in [-0.3, -0.25) is 10.0 Å². The van der Waals surface area contributed by atoms with E-state index in [1.165, 1.54) is 18.0 Å². The summed E-state index contributed by atoms with van der Waals surface area (Å²) < 4.78 is 5.36. The van der Waals surface area contributed by atoms with Gasteiger partial charge in [0, 0.05) is 0 Å². The Bertz CT molecular complexity index is 804. The van der Waals surface area contributed by atoms with E-state index in [9.17, 15) is 10.0 Å². The number of oxazole rings is 1. The van der Waals surface area contributed by atoms with Crippen LogP contribution in [-0.2, 0) is 4.79 Å². The van der Waals surface area contributed by atoms with Crippen molar-refractivity contribution in [1.82, 2.24) is 10.5 Å². The van der Waals surface area contributed by atoms with Gasteiger partial charge >= 0.3 is 0 Å². The molecule has 0 fully saturated rings. The molecule has 0 aliphatic rings. The van der Waals surface area contributed by atoms with E-state index in [0.717, 1.165) is 5.56 Å². The first-order chi connectivity index (χ1) is 12.7. The molecule has 1 aromatic heterocycles. The van der Waals surface area contributed by atoms with Crippen LogP contribution < -0.4 is 5.48 Å². The summed E-state index contributed by atoms with van der Waals surface area (Å²) in [7, 11) is 0. The Balaban J connectivity index is 1.96. The Hall–Kier alpha value is -2.92. The van der Waals surface area contributed by atoms with Crippen LogP contribution in [0.5, 0.6) is 0 Å². The van der Waals surface area contributed by atoms with E-state index in [0.29, 0.717) is 12.3 Å². The lowest BCUT2D eigenvalue weighted by Gasteiger charge is -2.27. The number of aromatic nitrogens is 1. The summed E-state index contributed by atoms with van der Waals surface area (Å²) in [5.74, 6) is -0.673. The predicted molar refractivity (Wildman–Crippen MR) is 97.8 cm³/mol. The fourth-order valence-corrected chi connectivity index (χ4v) is 3.38. The molecule has 5 nitrogen and oxygen atoms in total. The molecule has 5 heteroatoms. The second kappa shape index (κ2) is 8.45. The smallest absolute Gasteiger partial charge is 0.255 e. The zero-order valence-electron chi connectivity index (χ0n) is 14.6. The average Bonchev–Trinajstić information content (AvgIpc) is 3.23. The molecule has 0 saturated carbocycles. The van der Waals surface area contributed by atoms with Crippen molar-refractivity contribution in [3.63, 3.8) is 0 Å². The van der Waals surface area contributed by atoms with Crippen LogP contribution >= 0.6 is 0 Å². The van der Waals surface area contributed by atoms with Crippen molar-refractivity contribution in [1.29, 1.82) is 0 Å². The Morgan fingerprint density at radius 1 is 1.08 bits per heavy atom. The summed E-state index contributed by atoms with van der Waals surface area (Å²) in [6, 6.07) is 20.3. The van der Waals surface area contributed by atoms with Crippen LogP contribution in [0.3, 0.4) is 0 Å². The van der Waals surface area contributed by atoms with Gasteiger partial charge < -0.3 is 4.42 Å². The topological polar surface area (TPSA) is 75.4 Å². The molecular formula is C21H22N2O3. The Kier molecular flexibility index (Phi) is 5.81. The van der Waals surface area contributed by atoms with Crippen LogP contribution in [0.15, 0.2) is 77.5 Å². The minimum Gasteiger partial charge on any atom is -0.448 e. The molecule has 3 rings (SSSR count). The van der Waals surface area contributed by atoms with Crippen LogP contribution in [0.2, 0.25) is 0 Å². The van der Waals surface area contributed by atoms with Gasteiger partial charge in [-0.2, -0.15) is 0 Å². The number of amides is 1. The number of nitrogens with one attached hydrogen (secondary N) is 1. The molecule has 3 aromatic rings. The lowest BCUT2D eigenvalue weighted by molar-refractivity contribution is -0.131. The van der Waals surface area contributed by atoms with Gasteiger partial charge in [-0.15, -0.1) is 0 Å². The summed E-state index contributed by atoms with van der Waals surface area (Å²) >= 11 is 0. The van der Waals surface area contributed by atoms with Crippen LogP contribution in [0, 0.1) is 0 Å². The fraction of sp³-hybridized carbons (Fsp3) is 0.238. The molecule has 134 valence electrons. The van der Waals surface area contributed by atoms with Crippen molar-refractivity contribution < 1.29 is 14.4 Å². The highest BCUT2D eigenvalue weighted by molar-refractivity contribution is 5.81. The summed E-state index contributed by atoms with van der Waals surface area (Å²) in [4.78, 5) is 16.4. The minimum atomic E-state index is -0.675. The number of nitrogens with zero attached hydrogens (tertiary/aromatic N) is 1. The number of carbonyl (C=O) groups is 1. The molecule has 0 radical (unpaired) electrons. The number of carbonyl (C=O) groups excluding carboxylic acids is 1. The van der Waals surface area contributed by atoms with Gasteiger partial charge in [0.15, 0.2) is 0 Å². The van der Waals surface area contributed by atoms with Crippen LogP contribution in [-0.4, -0.2) is 16.1 Å². The van der Waals surface area contributed by atoms with Crippen LogP contribution in [0.1, 0.15) is 48.1 Å². The van der Waals surface area contributed by atoms with Gasteiger partial charge in [0.2, 0.25) is 5.89 Å². The van der Waals surface area contributed by atoms with Crippen molar-refractivity contribution in [2.45, 2.75) is 31.1 Å². The van der Waals surface area contributed by atoms with Crippen LogP contribution in [0.4, 0.5) is 0 Å². The van der Waals surface area contributed by atoms with E-state index in [2.05, 4.69) is 36.2 Å². The van der Waals surface area contributed by atoms with Crippen molar-refractivity contribution in [2.75, 3.05) is 0 Å². The molecule has 2 N–H and O–H groups in total. The Morgan fingerprint density at radius 2 is 1.69 bits per heavy atom. The van der Waals surface area contributed by atoms with E-state index in [4.69, 9.17) is 4.42 Å². The third kappa shape index (κ3) is 4.00. The highest BCUT2D eigenvalue weighted by atomic mass is 16.5. The fourth-order valence-electron chi connectivity index (χ4n) is 3.38. The maximum absolute atomic E-state index is 12.3. The molecule has 0 bridgehead atoms. The van der Waals surface area contributed by atoms with Crippen molar-refractivity contribution in [3.05, 3.63) is 90.1 Å². The van der Waals surface area contributed by atoms with Crippen molar-refractivity contribution in [3.8, 4) is 0 Å². The number of rotatable bonds is 7. The quantitative estimate of drug-likeness (QED) is 0.494. The third-order valence-corrected chi connectivity index (χ3v) is 4.82. The molecule has 0 saturated heterocycles. The van der Waals surface area contributed by atoms with Gasteiger partial charge in [-0.1, -0.05) is 67.6 Å². The third-order valence-electron chi connectivity index (χ3n) is 4.82. The maximum atomic E-state index is 12.3. The number of hydrogen-bond donors (Lipinski definition) is 2. The zero-order valence-corrected chi connectivity index (χ0v) is 14.6. The van der Waals surface area contributed by atoms with Crippen molar-refractivity contribution >= 4 is 5.91 Å². The number of hydroxylamine groups is 1. The lowest BCUT2D eigenvalue weighted by Crippen LogP contribution is -2.28. The van der Waals surface area contributed by atoms with E-state index in [-0.39, 0.29) is 11.8 Å². The molecular weight excluding hydrogens is 328 g/mol. The molecule has 0 aliphatic carbocycles. The average molecular weight is 350 g/mol. The number of hydrogen-bond acceptors (Lipinski definition) is 4. The van der Waals surface area contributed by atoms with E-state index >= 15 is 0 Å². The Labute approximate surface area is 152 Å². The first-order valence-corrected chi connectivity index (χ1v) is 8.64. The first kappa shape index (κ1) is 17.9. The van der Waals surface area contributed by atoms with Gasteiger partial charge in [-0.25, -0.2) is 10.5 Å². The summed E-state index contributed by atoms with van der Waals surface area (Å²) in [6.07, 6.45) is 3.41. The van der Waals surface area contributed by atoms with E-state index in [1.54, 1.807) is 5.48 Å². The second-order valence-corrected chi connectivity index (χ2v) is 6.35. The molecule has 0 spiro atoms. The maximum Gasteiger partial charge on any atom is 0.255 e. The minimum absolute atomic E-state index is 0.0489. The highest BCUT2D eigenvalue weighted by Gasteiger charge is 2.31. The summed E-state index contributed by atoms with van der Waals surface area (Å²) in [5.41, 5.74) is 4.07. The largest absolute Gasteiger partial charge is 0.448 e. The molecule has 3 unspecified atom stereocenters. The summed E-state index contributed by atoms with van der Waals surface area (Å²) in [5, 5.41) is 9.17. The van der Waals surface area contributed by atoms with Gasteiger partial charge in [-0.05, 0) is 29.4 Å². The highest BCUT2D eigenvalue weighted by Crippen LogP contribution is 2.39. The zero-order chi connectivity index (χ0) is 18.4. The van der Waals surface area contributed by atoms with Crippen molar-refractivity contribution in [2.24, 2.45) is 0 Å². The SMILES string of the molecule is CC(c1ccccc1)C(CC(C(=O)NO)c1ncco1)c1ccccc1. The molecule has 1 heterocycles. The molecule has 3 atom stereocenters. The van der Waals surface area contributed by atoms with Crippen LogP contribution in [0.25, 0.3) is 0 Å². The van der Waals surface area contributed by atoms with Gasteiger partial charge in [0.25, 0.3) is 5.91 Å². The predicted octanol–water partition coefficient (Wildman–Crippen LogP) is 4.24. The standard InChI is InChI=1S/C21H22N2O3/c1-15(16-8-4-2-5-9-16)18(17-10-6-3-7-11-17)14-19(20(24)23-25)21-22-12-13-26-21/h2-13,15,18-19,25H,14H2,1H3,(H,23,24). The lowest BCUT2D eigenvalue weighted by atomic mass is 9.77. The van der Waals surface area contributed by atoms with Gasteiger partial charge in [0.1, 0.15) is 12.2 Å². The van der Waals surface area contributed by atoms with Gasteiger partial charge in [0.05, 0.1) is 6.20 Å². The molecule has 26 heavy (non-hydrogen) atoms. The molecule has 0 aliphatic heterocycles. The monoisotopic (exact) mass is 350 g/mol. The summed E-state index contributed by atoms with van der Waals surface area (Å²) in [6.45, 7) is 2.15. The molecule has 1 amide bonds. The first-order valence-electron chi connectivity index (χ1n) is 8.64. The van der Waals surface area contributed by atoms with E-state index < -0.39 is 11.8 Å². The number of benzene rings is 2. The second-order valence-electron chi connectivity index (χ2n) is 6.35. The van der Waals surface area contributed by atoms with E-state index in [1.807, 2.05) is 36.4 Å². The normalized spacial score (nSPS) is 14.4. The molecule has 2 aromatic carbocycles. The Morgan fingerprint density at radius 3 is 2.23 bits per heavy atom.